The van der Waals surface area contributed by atoms with Crippen molar-refractivity contribution in [1.29, 1.82) is 0 Å². The number of hydrogen-bond donors (Lipinski definition) is 0. The van der Waals surface area contributed by atoms with Crippen molar-refractivity contribution in [2.75, 3.05) is 20.7 Å². The lowest BCUT2D eigenvalue weighted by molar-refractivity contribution is -0.140. The molecule has 5 heteroatoms. The van der Waals surface area contributed by atoms with Crippen LogP contribution in [0.5, 0.6) is 0 Å². The van der Waals surface area contributed by atoms with E-state index in [0.29, 0.717) is 30.9 Å². The number of aryl methyl sites for hydroxylation is 1. The SMILES string of the molecule is COC(=O)CCCN(C)C(=O)c1ccc(C)o1. The molecule has 0 unspecified atom stereocenters. The molecular weight excluding hydrogens is 222 g/mol. The van der Waals surface area contributed by atoms with Crippen LogP contribution in [-0.2, 0) is 9.53 Å². The fraction of sp³-hybridized carbons (Fsp3) is 0.500. The summed E-state index contributed by atoms with van der Waals surface area (Å²) < 4.78 is 9.75. The van der Waals surface area contributed by atoms with Crippen LogP contribution in [0.4, 0.5) is 0 Å². The maximum atomic E-state index is 11.8. The number of nitrogens with zero attached hydrogens (tertiary/aromatic N) is 1. The highest BCUT2D eigenvalue weighted by Crippen LogP contribution is 2.09. The van der Waals surface area contributed by atoms with Gasteiger partial charge in [0.25, 0.3) is 5.91 Å². The number of carbonyl (C=O) groups excluding carboxylic acids is 2. The van der Waals surface area contributed by atoms with Crippen molar-refractivity contribution in [1.82, 2.24) is 4.90 Å². The summed E-state index contributed by atoms with van der Waals surface area (Å²) >= 11 is 0. The molecule has 0 aliphatic rings. The van der Waals surface area contributed by atoms with Crippen LogP contribution in [-0.4, -0.2) is 37.5 Å². The van der Waals surface area contributed by atoms with Crippen molar-refractivity contribution in [3.63, 3.8) is 0 Å². The third-order valence-electron chi connectivity index (χ3n) is 2.40. The first kappa shape index (κ1) is 13.3. The summed E-state index contributed by atoms with van der Waals surface area (Å²) in [6, 6.07) is 3.39. The van der Waals surface area contributed by atoms with Gasteiger partial charge in [-0.2, -0.15) is 0 Å². The molecule has 0 saturated carbocycles. The smallest absolute Gasteiger partial charge is 0.305 e. The lowest BCUT2D eigenvalue weighted by Gasteiger charge is -2.14. The quantitative estimate of drug-likeness (QED) is 0.732. The number of ether oxygens (including phenoxy) is 1. The van der Waals surface area contributed by atoms with Crippen molar-refractivity contribution in [3.05, 3.63) is 23.7 Å². The van der Waals surface area contributed by atoms with Gasteiger partial charge in [0.05, 0.1) is 7.11 Å². The summed E-state index contributed by atoms with van der Waals surface area (Å²) in [5.74, 6) is 0.585. The van der Waals surface area contributed by atoms with Gasteiger partial charge in [-0.05, 0) is 25.5 Å². The Hall–Kier alpha value is -1.78. The molecular formula is C12H17NO4. The van der Waals surface area contributed by atoms with Gasteiger partial charge in [-0.25, -0.2) is 0 Å². The second-order valence-electron chi connectivity index (χ2n) is 3.82. The summed E-state index contributed by atoms with van der Waals surface area (Å²) in [6.07, 6.45) is 0.889. The lowest BCUT2D eigenvalue weighted by atomic mass is 10.3. The summed E-state index contributed by atoms with van der Waals surface area (Å²) in [5, 5.41) is 0. The number of furan rings is 1. The van der Waals surface area contributed by atoms with E-state index in [-0.39, 0.29) is 11.9 Å². The molecule has 0 aliphatic heterocycles. The average molecular weight is 239 g/mol. The fourth-order valence-electron chi connectivity index (χ4n) is 1.40. The summed E-state index contributed by atoms with van der Waals surface area (Å²) in [4.78, 5) is 24.2. The van der Waals surface area contributed by atoms with Gasteiger partial charge in [0.2, 0.25) is 0 Å². The van der Waals surface area contributed by atoms with Crippen LogP contribution in [0.25, 0.3) is 0 Å². The Balaban J connectivity index is 2.40. The normalized spacial score (nSPS) is 10.1. The van der Waals surface area contributed by atoms with E-state index in [9.17, 15) is 9.59 Å². The highest BCUT2D eigenvalue weighted by molar-refractivity contribution is 5.91. The first-order valence-electron chi connectivity index (χ1n) is 5.43. The van der Waals surface area contributed by atoms with Crippen LogP contribution >= 0.6 is 0 Å². The fourth-order valence-corrected chi connectivity index (χ4v) is 1.40. The number of rotatable bonds is 5. The van der Waals surface area contributed by atoms with Crippen molar-refractivity contribution < 1.29 is 18.7 Å². The van der Waals surface area contributed by atoms with Gasteiger partial charge in [-0.3, -0.25) is 9.59 Å². The predicted molar refractivity (Wildman–Crippen MR) is 61.7 cm³/mol. The standard InChI is InChI=1S/C12H17NO4/c1-9-6-7-10(17-9)12(15)13(2)8-4-5-11(14)16-3/h6-7H,4-5,8H2,1-3H3. The molecule has 0 radical (unpaired) electrons. The Morgan fingerprint density at radius 3 is 2.65 bits per heavy atom. The maximum absolute atomic E-state index is 11.8. The van der Waals surface area contributed by atoms with Gasteiger partial charge >= 0.3 is 5.97 Å². The maximum Gasteiger partial charge on any atom is 0.305 e. The number of methoxy groups -OCH3 is 1. The first-order chi connectivity index (χ1) is 8.04. The molecule has 1 rings (SSSR count). The zero-order valence-corrected chi connectivity index (χ0v) is 10.4. The van der Waals surface area contributed by atoms with Crippen molar-refractivity contribution >= 4 is 11.9 Å². The van der Waals surface area contributed by atoms with E-state index in [1.807, 2.05) is 0 Å². The number of amides is 1. The van der Waals surface area contributed by atoms with E-state index in [1.165, 1.54) is 12.0 Å². The van der Waals surface area contributed by atoms with E-state index >= 15 is 0 Å². The molecule has 0 bridgehead atoms. The minimum absolute atomic E-state index is 0.178. The zero-order valence-electron chi connectivity index (χ0n) is 10.4. The molecule has 1 aromatic heterocycles. The van der Waals surface area contributed by atoms with E-state index in [2.05, 4.69) is 4.74 Å². The molecule has 0 fully saturated rings. The number of carbonyl (C=O) groups is 2. The second kappa shape index (κ2) is 6.08. The van der Waals surface area contributed by atoms with Crippen molar-refractivity contribution in [3.8, 4) is 0 Å². The van der Waals surface area contributed by atoms with Crippen molar-refractivity contribution in [2.45, 2.75) is 19.8 Å². The summed E-state index contributed by atoms with van der Waals surface area (Å²) in [5.41, 5.74) is 0. The molecule has 0 aliphatic carbocycles. The summed E-state index contributed by atoms with van der Waals surface area (Å²) in [6.45, 7) is 2.28. The van der Waals surface area contributed by atoms with Crippen LogP contribution in [0, 0.1) is 6.92 Å². The Morgan fingerprint density at radius 2 is 2.12 bits per heavy atom. The minimum Gasteiger partial charge on any atom is -0.469 e. The van der Waals surface area contributed by atoms with Crippen LogP contribution in [0.15, 0.2) is 16.5 Å². The van der Waals surface area contributed by atoms with E-state index in [4.69, 9.17) is 4.42 Å². The van der Waals surface area contributed by atoms with Gasteiger partial charge in [0, 0.05) is 20.0 Å². The predicted octanol–water partition coefficient (Wildman–Crippen LogP) is 1.61. The Kier molecular flexibility index (Phi) is 4.75. The first-order valence-corrected chi connectivity index (χ1v) is 5.43. The Bertz CT molecular complexity index is 397. The van der Waals surface area contributed by atoms with Crippen LogP contribution < -0.4 is 0 Å². The third kappa shape index (κ3) is 3.94. The highest BCUT2D eigenvalue weighted by Gasteiger charge is 2.15. The Morgan fingerprint density at radius 1 is 1.41 bits per heavy atom. The van der Waals surface area contributed by atoms with E-state index < -0.39 is 0 Å². The molecule has 0 spiro atoms. The molecule has 1 amide bonds. The van der Waals surface area contributed by atoms with Gasteiger partial charge in [-0.15, -0.1) is 0 Å². The van der Waals surface area contributed by atoms with Gasteiger partial charge in [0.1, 0.15) is 5.76 Å². The molecule has 94 valence electrons. The molecule has 1 heterocycles. The van der Waals surface area contributed by atoms with Crippen LogP contribution in [0.2, 0.25) is 0 Å². The van der Waals surface area contributed by atoms with E-state index in [0.717, 1.165) is 0 Å². The lowest BCUT2D eigenvalue weighted by Crippen LogP contribution is -2.27. The molecule has 0 aromatic carbocycles. The largest absolute Gasteiger partial charge is 0.469 e. The average Bonchev–Trinajstić information content (AvgIpc) is 2.74. The minimum atomic E-state index is -0.264. The highest BCUT2D eigenvalue weighted by atomic mass is 16.5. The monoisotopic (exact) mass is 239 g/mol. The Labute approximate surface area is 100 Å². The number of hydrogen-bond acceptors (Lipinski definition) is 4. The molecule has 5 nitrogen and oxygen atoms in total. The van der Waals surface area contributed by atoms with E-state index in [1.54, 1.807) is 26.1 Å². The molecule has 1 aromatic rings. The molecule has 0 saturated heterocycles. The van der Waals surface area contributed by atoms with Gasteiger partial charge in [0.15, 0.2) is 5.76 Å². The van der Waals surface area contributed by atoms with Crippen molar-refractivity contribution in [2.24, 2.45) is 0 Å². The molecule has 17 heavy (non-hydrogen) atoms. The van der Waals surface area contributed by atoms with Crippen LogP contribution in [0.1, 0.15) is 29.2 Å². The third-order valence-corrected chi connectivity index (χ3v) is 2.40. The van der Waals surface area contributed by atoms with Gasteiger partial charge < -0.3 is 14.1 Å². The molecule has 0 N–H and O–H groups in total. The second-order valence-corrected chi connectivity index (χ2v) is 3.82. The summed E-state index contributed by atoms with van der Waals surface area (Å²) in [7, 11) is 3.03. The van der Waals surface area contributed by atoms with Crippen LogP contribution in [0.3, 0.4) is 0 Å². The topological polar surface area (TPSA) is 59.8 Å². The molecule has 0 atom stereocenters. The zero-order chi connectivity index (χ0) is 12.8. The van der Waals surface area contributed by atoms with Gasteiger partial charge in [-0.1, -0.05) is 0 Å². The number of esters is 1.